The normalized spacial score (nSPS) is 12.7. The van der Waals surface area contributed by atoms with Crippen LogP contribution in [0.1, 0.15) is 29.1 Å². The summed E-state index contributed by atoms with van der Waals surface area (Å²) in [4.78, 5) is 19.6. The van der Waals surface area contributed by atoms with Gasteiger partial charge in [-0.15, -0.1) is 0 Å². The first-order valence-electron chi connectivity index (χ1n) is 8.25. The van der Waals surface area contributed by atoms with Gasteiger partial charge in [0.15, 0.2) is 11.6 Å². The Bertz CT molecular complexity index is 1190. The summed E-state index contributed by atoms with van der Waals surface area (Å²) in [5, 5.41) is 6.23. The van der Waals surface area contributed by atoms with Crippen LogP contribution in [0.2, 0.25) is 5.02 Å². The summed E-state index contributed by atoms with van der Waals surface area (Å²) >= 11 is 5.75. The fourth-order valence-electron chi connectivity index (χ4n) is 2.53. The molecular weight excluding hydrogens is 479 g/mol. The number of sulfone groups is 1. The van der Waals surface area contributed by atoms with Crippen molar-refractivity contribution < 1.29 is 26.4 Å². The van der Waals surface area contributed by atoms with E-state index in [0.29, 0.717) is 23.8 Å². The lowest BCUT2D eigenvalue weighted by molar-refractivity contribution is -0.0436. The Morgan fingerprint density at radius 2 is 1.90 bits per heavy atom. The van der Waals surface area contributed by atoms with E-state index < -0.39 is 32.2 Å². The number of benzene rings is 1. The Kier molecular flexibility index (Phi) is 7.34. The minimum Gasteiger partial charge on any atom is -0.342 e. The highest BCUT2D eigenvalue weighted by atomic mass is 35.5. The topological polar surface area (TPSA) is 107 Å². The molecule has 3 aromatic rings. The van der Waals surface area contributed by atoms with Gasteiger partial charge in [-0.2, -0.15) is 36.4 Å². The maximum absolute atomic E-state index is 12.8. The second kappa shape index (κ2) is 9.24. The summed E-state index contributed by atoms with van der Waals surface area (Å²) in [7, 11) is -5.67. The van der Waals surface area contributed by atoms with Gasteiger partial charge in [-0.1, -0.05) is 17.7 Å². The first-order valence-corrected chi connectivity index (χ1v) is 10.1. The smallest absolute Gasteiger partial charge is 0.342 e. The highest BCUT2D eigenvalue weighted by molar-refractivity contribution is 7.92. The first kappa shape index (κ1) is 24.6. The molecule has 1 N–H and O–H groups in total. The van der Waals surface area contributed by atoms with Crippen molar-refractivity contribution in [2.45, 2.75) is 23.4 Å². The molecule has 1 amide bonds. The number of rotatable bonds is 5. The number of halogens is 4. The molecule has 166 valence electrons. The monoisotopic (exact) mass is 493 g/mol. The average Bonchev–Trinajstić information content (AvgIpc) is 3.17. The van der Waals surface area contributed by atoms with E-state index in [4.69, 9.17) is 11.6 Å². The lowest BCUT2D eigenvalue weighted by Crippen LogP contribution is -2.29. The van der Waals surface area contributed by atoms with Crippen LogP contribution in [0.3, 0.4) is 0 Å². The zero-order chi connectivity index (χ0) is 22.1. The zero-order valence-electron chi connectivity index (χ0n) is 15.6. The molecule has 0 unspecified atom stereocenters. The molecule has 0 saturated heterocycles. The molecule has 0 fully saturated rings. The number of aromatic nitrogens is 4. The highest BCUT2D eigenvalue weighted by Gasteiger charge is 2.47. The number of hydrogen-bond acceptors (Lipinski definition) is 6. The van der Waals surface area contributed by atoms with Crippen molar-refractivity contribution in [1.29, 1.82) is 0 Å². The molecule has 8 nitrogen and oxygen atoms in total. The summed E-state index contributed by atoms with van der Waals surface area (Å²) in [6, 6.07) is 6.65. The van der Waals surface area contributed by atoms with Crippen LogP contribution in [-0.2, 0) is 9.84 Å². The first-order chi connectivity index (χ1) is 14.0. The van der Waals surface area contributed by atoms with Crippen molar-refractivity contribution in [3.05, 3.63) is 65.3 Å². The number of nitrogens with one attached hydrogen (secondary N) is 1. The predicted molar refractivity (Wildman–Crippen MR) is 110 cm³/mol. The molecule has 2 heterocycles. The molecule has 0 saturated carbocycles. The molecule has 14 heteroatoms. The van der Waals surface area contributed by atoms with Gasteiger partial charge < -0.3 is 5.32 Å². The highest BCUT2D eigenvalue weighted by Crippen LogP contribution is 2.32. The number of amides is 1. The minimum atomic E-state index is -5.67. The second-order valence-electron chi connectivity index (χ2n) is 6.04. The zero-order valence-corrected chi connectivity index (χ0v) is 18.2. The van der Waals surface area contributed by atoms with Crippen LogP contribution in [0.5, 0.6) is 0 Å². The fraction of sp³-hybridized carbons (Fsp3) is 0.176. The third kappa shape index (κ3) is 5.17. The van der Waals surface area contributed by atoms with E-state index in [1.807, 2.05) is 0 Å². The van der Waals surface area contributed by atoms with E-state index in [1.165, 1.54) is 11.0 Å². The molecule has 0 spiro atoms. The van der Waals surface area contributed by atoms with Crippen LogP contribution < -0.4 is 5.32 Å². The van der Waals surface area contributed by atoms with Crippen LogP contribution in [0.4, 0.5) is 13.2 Å². The quantitative estimate of drug-likeness (QED) is 0.585. The number of hydrogen-bond donors (Lipinski definition) is 1. The maximum atomic E-state index is 12.8. The summed E-state index contributed by atoms with van der Waals surface area (Å²) in [6.45, 7) is 1.57. The summed E-state index contributed by atoms with van der Waals surface area (Å²) < 4.78 is 63.2. The number of alkyl halides is 3. The standard InChI is InChI=1S/C17H13ClF3N5O3S.H2S/c1-10(15-23-9-24-26(15)14-4-2-3-5-22-14)25-16(27)11-6-12(18)8-13(7-11)30(28,29)17(19,20)21;/h2-10H,1H3,(H,25,27);1H2/t10-;/m1./s1. The number of pyridine rings is 1. The molecule has 3 rings (SSSR count). The number of nitrogens with zero attached hydrogens (tertiary/aromatic N) is 4. The Hall–Kier alpha value is -2.64. The summed E-state index contributed by atoms with van der Waals surface area (Å²) in [5.74, 6) is -0.112. The minimum absolute atomic E-state index is 0. The lowest BCUT2D eigenvalue weighted by atomic mass is 10.2. The Balaban J connectivity index is 0.00000341. The molecule has 0 aliphatic heterocycles. The molecule has 31 heavy (non-hydrogen) atoms. The van der Waals surface area contributed by atoms with E-state index in [1.54, 1.807) is 31.3 Å². The van der Waals surface area contributed by atoms with Crippen LogP contribution >= 0.6 is 25.1 Å². The van der Waals surface area contributed by atoms with E-state index in [-0.39, 0.29) is 24.1 Å². The van der Waals surface area contributed by atoms with Crippen molar-refractivity contribution in [3.8, 4) is 5.82 Å². The van der Waals surface area contributed by atoms with Crippen LogP contribution in [0, 0.1) is 0 Å². The third-order valence-electron chi connectivity index (χ3n) is 3.92. The molecule has 0 bridgehead atoms. The molecular formula is C17H15ClF3N5O3S2. The molecule has 0 radical (unpaired) electrons. The largest absolute Gasteiger partial charge is 0.501 e. The van der Waals surface area contributed by atoms with Crippen molar-refractivity contribution in [2.24, 2.45) is 0 Å². The van der Waals surface area contributed by atoms with Gasteiger partial charge in [0.2, 0.25) is 0 Å². The van der Waals surface area contributed by atoms with Gasteiger partial charge in [0.25, 0.3) is 15.7 Å². The molecule has 1 atom stereocenters. The summed E-state index contributed by atoms with van der Waals surface area (Å²) in [5.41, 5.74) is -5.89. The van der Waals surface area contributed by atoms with E-state index in [9.17, 15) is 26.4 Å². The molecule has 0 aliphatic carbocycles. The van der Waals surface area contributed by atoms with Crippen molar-refractivity contribution in [1.82, 2.24) is 25.1 Å². The Labute approximate surface area is 186 Å². The Morgan fingerprint density at radius 3 is 2.52 bits per heavy atom. The SMILES string of the molecule is C[C@@H](NC(=O)c1cc(Cl)cc(S(=O)(=O)C(F)(F)F)c1)c1ncnn1-c1ccccn1.S. The fourth-order valence-corrected chi connectivity index (χ4v) is 3.66. The van der Waals surface area contributed by atoms with Gasteiger partial charge in [-0.05, 0) is 37.3 Å². The van der Waals surface area contributed by atoms with E-state index in [0.717, 1.165) is 6.07 Å². The summed E-state index contributed by atoms with van der Waals surface area (Å²) in [6.07, 6.45) is 2.79. The molecule has 1 aromatic carbocycles. The van der Waals surface area contributed by atoms with Gasteiger partial charge in [-0.25, -0.2) is 18.4 Å². The molecule has 0 aliphatic rings. The van der Waals surface area contributed by atoms with Crippen molar-refractivity contribution >= 4 is 40.8 Å². The van der Waals surface area contributed by atoms with Gasteiger partial charge in [0.1, 0.15) is 6.33 Å². The lowest BCUT2D eigenvalue weighted by Gasteiger charge is -2.15. The van der Waals surface area contributed by atoms with Gasteiger partial charge >= 0.3 is 5.51 Å². The molecule has 2 aromatic heterocycles. The Morgan fingerprint density at radius 1 is 1.19 bits per heavy atom. The average molecular weight is 494 g/mol. The van der Waals surface area contributed by atoms with Gasteiger partial charge in [-0.3, -0.25) is 4.79 Å². The predicted octanol–water partition coefficient (Wildman–Crippen LogP) is 3.21. The van der Waals surface area contributed by atoms with Crippen molar-refractivity contribution in [3.63, 3.8) is 0 Å². The second-order valence-corrected chi connectivity index (χ2v) is 8.42. The van der Waals surface area contributed by atoms with E-state index >= 15 is 0 Å². The van der Waals surface area contributed by atoms with Crippen LogP contribution in [0.25, 0.3) is 5.82 Å². The van der Waals surface area contributed by atoms with Crippen LogP contribution in [-0.4, -0.2) is 39.6 Å². The number of carbonyl (C=O) groups is 1. The maximum Gasteiger partial charge on any atom is 0.501 e. The van der Waals surface area contributed by atoms with Gasteiger partial charge in [0.05, 0.1) is 10.9 Å². The number of carbonyl (C=O) groups excluding carboxylic acids is 1. The van der Waals surface area contributed by atoms with Crippen LogP contribution in [0.15, 0.2) is 53.8 Å². The third-order valence-corrected chi connectivity index (χ3v) is 5.61. The van der Waals surface area contributed by atoms with Gasteiger partial charge in [0, 0.05) is 16.8 Å². The van der Waals surface area contributed by atoms with Crippen molar-refractivity contribution in [2.75, 3.05) is 0 Å². The van der Waals surface area contributed by atoms with E-state index in [2.05, 4.69) is 20.4 Å².